The highest BCUT2D eigenvalue weighted by Gasteiger charge is 2.27. The third-order valence-electron chi connectivity index (χ3n) is 3.93. The first-order valence-electron chi connectivity index (χ1n) is 7.14. The van der Waals surface area contributed by atoms with Gasteiger partial charge in [0.25, 0.3) is 0 Å². The summed E-state index contributed by atoms with van der Waals surface area (Å²) in [7, 11) is 0. The van der Waals surface area contributed by atoms with Crippen LogP contribution in [0.4, 0.5) is 4.39 Å². The van der Waals surface area contributed by atoms with Gasteiger partial charge in [0.05, 0.1) is 0 Å². The molecule has 1 aliphatic heterocycles. The number of hydrogen-bond donors (Lipinski definition) is 1. The maximum Gasteiger partial charge on any atom is 0.320 e. The van der Waals surface area contributed by atoms with E-state index >= 15 is 0 Å². The number of hydrogen-bond acceptors (Lipinski definition) is 3. The smallest absolute Gasteiger partial charge is 0.320 e. The topological polar surface area (TPSA) is 43.8 Å². The third kappa shape index (κ3) is 4.15. The highest BCUT2D eigenvalue weighted by molar-refractivity contribution is 6.31. The summed E-state index contributed by atoms with van der Waals surface area (Å²) in [4.78, 5) is 15.4. The zero-order valence-corrected chi connectivity index (χ0v) is 12.8. The minimum atomic E-state index is -0.757. The number of piperazine rings is 1. The summed E-state index contributed by atoms with van der Waals surface area (Å²) in [6.07, 6.45) is 0.610. The molecule has 0 saturated carbocycles. The van der Waals surface area contributed by atoms with Crippen LogP contribution in [0.3, 0.4) is 0 Å². The lowest BCUT2D eigenvalue weighted by molar-refractivity contribution is -0.144. The average Bonchev–Trinajstić information content (AvgIpc) is 2.44. The fraction of sp³-hybridized carbons (Fsp3) is 0.533. The maximum absolute atomic E-state index is 13.0. The van der Waals surface area contributed by atoms with Gasteiger partial charge < -0.3 is 5.11 Å². The van der Waals surface area contributed by atoms with Gasteiger partial charge in [0.15, 0.2) is 0 Å². The minimum Gasteiger partial charge on any atom is -0.480 e. The molecule has 4 nitrogen and oxygen atoms in total. The lowest BCUT2D eigenvalue weighted by Gasteiger charge is -2.37. The van der Waals surface area contributed by atoms with E-state index in [1.54, 1.807) is 6.07 Å². The van der Waals surface area contributed by atoms with Crippen LogP contribution in [0.25, 0.3) is 0 Å². The van der Waals surface area contributed by atoms with Gasteiger partial charge in [-0.2, -0.15) is 0 Å². The minimum absolute atomic E-state index is 0.333. The molecule has 1 aliphatic rings. The van der Waals surface area contributed by atoms with E-state index in [1.807, 2.05) is 11.8 Å². The van der Waals surface area contributed by atoms with Gasteiger partial charge in [0.2, 0.25) is 0 Å². The summed E-state index contributed by atoms with van der Waals surface area (Å²) >= 11 is 6.04. The molecule has 2 rings (SSSR count). The second-order valence-electron chi connectivity index (χ2n) is 5.31. The van der Waals surface area contributed by atoms with E-state index in [0.717, 1.165) is 31.7 Å². The Balaban J connectivity index is 1.91. The van der Waals surface area contributed by atoms with E-state index in [9.17, 15) is 14.3 Å². The van der Waals surface area contributed by atoms with Gasteiger partial charge in [-0.15, -0.1) is 0 Å². The number of carboxylic acids is 1. The molecule has 116 valence electrons. The Morgan fingerprint density at radius 1 is 1.38 bits per heavy atom. The van der Waals surface area contributed by atoms with Crippen molar-refractivity contribution in [3.8, 4) is 0 Å². The SMILES string of the molecule is CC[C@@H](C(=O)O)N1CCN(Cc2ccc(F)cc2Cl)CC1. The van der Waals surface area contributed by atoms with Gasteiger partial charge in [0.1, 0.15) is 11.9 Å². The van der Waals surface area contributed by atoms with Crippen LogP contribution >= 0.6 is 11.6 Å². The van der Waals surface area contributed by atoms with Crippen molar-refractivity contribution >= 4 is 17.6 Å². The summed E-state index contributed by atoms with van der Waals surface area (Å²) in [6.45, 7) is 5.59. The first kappa shape index (κ1) is 16.2. The Morgan fingerprint density at radius 2 is 2.05 bits per heavy atom. The summed E-state index contributed by atoms with van der Waals surface area (Å²) in [5.74, 6) is -1.09. The van der Waals surface area contributed by atoms with E-state index in [1.165, 1.54) is 12.1 Å². The number of nitrogens with zero attached hydrogens (tertiary/aromatic N) is 2. The quantitative estimate of drug-likeness (QED) is 0.906. The van der Waals surface area contributed by atoms with Crippen molar-refractivity contribution in [1.29, 1.82) is 0 Å². The van der Waals surface area contributed by atoms with E-state index in [2.05, 4.69) is 4.90 Å². The van der Waals surface area contributed by atoms with Crippen LogP contribution in [-0.4, -0.2) is 53.1 Å². The fourth-order valence-corrected chi connectivity index (χ4v) is 2.94. The predicted molar refractivity (Wildman–Crippen MR) is 80.0 cm³/mol. The van der Waals surface area contributed by atoms with Gasteiger partial charge in [-0.25, -0.2) is 4.39 Å². The molecule has 6 heteroatoms. The first-order chi connectivity index (χ1) is 10.0. The Kier molecular flexibility index (Phi) is 5.56. The maximum atomic E-state index is 13.0. The first-order valence-corrected chi connectivity index (χ1v) is 7.52. The largest absolute Gasteiger partial charge is 0.480 e. The highest BCUT2D eigenvalue weighted by Crippen LogP contribution is 2.20. The predicted octanol–water partition coefficient (Wildman–Crippen LogP) is 2.46. The van der Waals surface area contributed by atoms with Crippen LogP contribution in [0, 0.1) is 5.82 Å². The lowest BCUT2D eigenvalue weighted by atomic mass is 10.1. The molecule has 0 bridgehead atoms. The average molecular weight is 315 g/mol. The van der Waals surface area contributed by atoms with Crippen LogP contribution in [-0.2, 0) is 11.3 Å². The molecule has 1 saturated heterocycles. The van der Waals surface area contributed by atoms with Crippen LogP contribution in [0.15, 0.2) is 18.2 Å². The number of halogens is 2. The summed E-state index contributed by atoms with van der Waals surface area (Å²) in [6, 6.07) is 4.04. The zero-order valence-electron chi connectivity index (χ0n) is 12.1. The van der Waals surface area contributed by atoms with Gasteiger partial charge in [-0.3, -0.25) is 14.6 Å². The number of rotatable bonds is 5. The van der Waals surface area contributed by atoms with E-state index in [-0.39, 0.29) is 5.82 Å². The molecular weight excluding hydrogens is 295 g/mol. The molecule has 0 radical (unpaired) electrons. The van der Waals surface area contributed by atoms with Gasteiger partial charge in [-0.05, 0) is 24.1 Å². The Hall–Kier alpha value is -1.17. The van der Waals surface area contributed by atoms with Crippen LogP contribution in [0.5, 0.6) is 0 Å². The van der Waals surface area contributed by atoms with Crippen molar-refractivity contribution < 1.29 is 14.3 Å². The van der Waals surface area contributed by atoms with Crippen molar-refractivity contribution in [3.05, 3.63) is 34.6 Å². The molecule has 1 N–H and O–H groups in total. The van der Waals surface area contributed by atoms with Gasteiger partial charge >= 0.3 is 5.97 Å². The molecule has 1 atom stereocenters. The molecule has 0 amide bonds. The van der Waals surface area contributed by atoms with Crippen molar-refractivity contribution in [2.75, 3.05) is 26.2 Å². The molecule has 1 heterocycles. The summed E-state index contributed by atoms with van der Waals surface area (Å²) < 4.78 is 13.0. The second kappa shape index (κ2) is 7.20. The van der Waals surface area contributed by atoms with Crippen LogP contribution in [0.2, 0.25) is 5.02 Å². The molecule has 1 aromatic carbocycles. The van der Waals surface area contributed by atoms with Crippen molar-refractivity contribution in [2.24, 2.45) is 0 Å². The molecule has 1 fully saturated rings. The second-order valence-corrected chi connectivity index (χ2v) is 5.72. The monoisotopic (exact) mass is 314 g/mol. The van der Waals surface area contributed by atoms with Crippen LogP contribution < -0.4 is 0 Å². The number of carboxylic acid groups (broad SMARTS) is 1. The van der Waals surface area contributed by atoms with Crippen molar-refractivity contribution in [3.63, 3.8) is 0 Å². The highest BCUT2D eigenvalue weighted by atomic mass is 35.5. The summed E-state index contributed by atoms with van der Waals surface area (Å²) in [5, 5.41) is 9.62. The number of carbonyl (C=O) groups is 1. The van der Waals surface area contributed by atoms with Crippen LogP contribution in [0.1, 0.15) is 18.9 Å². The third-order valence-corrected chi connectivity index (χ3v) is 4.28. The molecule has 0 aliphatic carbocycles. The Bertz CT molecular complexity index is 504. The normalized spacial score (nSPS) is 18.6. The van der Waals surface area contributed by atoms with Gasteiger partial charge in [-0.1, -0.05) is 24.6 Å². The molecule has 1 aromatic rings. The lowest BCUT2D eigenvalue weighted by Crippen LogP contribution is -2.52. The molecule has 0 unspecified atom stereocenters. The summed E-state index contributed by atoms with van der Waals surface area (Å²) in [5.41, 5.74) is 0.900. The molecule has 0 aromatic heterocycles. The van der Waals surface area contributed by atoms with E-state index in [0.29, 0.717) is 18.0 Å². The Morgan fingerprint density at radius 3 is 2.57 bits per heavy atom. The van der Waals surface area contributed by atoms with Crippen molar-refractivity contribution in [1.82, 2.24) is 9.80 Å². The zero-order chi connectivity index (χ0) is 15.4. The number of aliphatic carboxylic acids is 1. The van der Waals surface area contributed by atoms with E-state index < -0.39 is 12.0 Å². The van der Waals surface area contributed by atoms with Crippen molar-refractivity contribution in [2.45, 2.75) is 25.9 Å². The standard InChI is InChI=1S/C15H20ClFN2O2/c1-2-14(15(20)21)19-7-5-18(6-8-19)10-11-3-4-12(17)9-13(11)16/h3-4,9,14H,2,5-8,10H2,1H3,(H,20,21)/t14-/m0/s1. The Labute approximate surface area is 129 Å². The molecular formula is C15H20ClFN2O2. The molecule has 0 spiro atoms. The van der Waals surface area contributed by atoms with E-state index in [4.69, 9.17) is 11.6 Å². The fourth-order valence-electron chi connectivity index (χ4n) is 2.71. The number of benzene rings is 1. The van der Waals surface area contributed by atoms with Gasteiger partial charge in [0, 0.05) is 37.7 Å². The molecule has 21 heavy (non-hydrogen) atoms.